The Bertz CT molecular complexity index is 782. The van der Waals surface area contributed by atoms with Gasteiger partial charge in [-0.2, -0.15) is 0 Å². The molecule has 23 heavy (non-hydrogen) atoms. The summed E-state index contributed by atoms with van der Waals surface area (Å²) in [4.78, 5) is 28.5. The lowest BCUT2D eigenvalue weighted by Crippen LogP contribution is -2.52. The van der Waals surface area contributed by atoms with Gasteiger partial charge in [0.2, 0.25) is 5.91 Å². The maximum Gasteiger partial charge on any atom is 0.419 e. The second kappa shape index (κ2) is 6.37. The zero-order valence-electron chi connectivity index (χ0n) is 13.3. The average Bonchev–Trinajstić information content (AvgIpc) is 2.79. The molecule has 1 amide bonds. The van der Waals surface area contributed by atoms with Crippen LogP contribution < -0.4 is 5.76 Å². The van der Waals surface area contributed by atoms with E-state index in [4.69, 9.17) is 16.0 Å². The molecule has 0 saturated carbocycles. The minimum Gasteiger partial charge on any atom is -0.408 e. The molecule has 2 heterocycles. The summed E-state index contributed by atoms with van der Waals surface area (Å²) in [6.45, 7) is 4.84. The van der Waals surface area contributed by atoms with Crippen LogP contribution in [0, 0.1) is 0 Å². The van der Waals surface area contributed by atoms with Gasteiger partial charge in [0.1, 0.15) is 0 Å². The topological polar surface area (TPSA) is 58.7 Å². The van der Waals surface area contributed by atoms with E-state index >= 15 is 0 Å². The minimum atomic E-state index is -0.457. The molecule has 3 rings (SSSR count). The van der Waals surface area contributed by atoms with Crippen molar-refractivity contribution in [3.63, 3.8) is 0 Å². The number of piperazine rings is 1. The van der Waals surface area contributed by atoms with Crippen molar-refractivity contribution in [2.75, 3.05) is 26.7 Å². The van der Waals surface area contributed by atoms with Crippen LogP contribution in [0.4, 0.5) is 0 Å². The Labute approximate surface area is 139 Å². The number of halogens is 1. The zero-order valence-corrected chi connectivity index (χ0v) is 14.0. The Hall–Kier alpha value is -1.79. The summed E-state index contributed by atoms with van der Waals surface area (Å²) in [5, 5.41) is 0.515. The van der Waals surface area contributed by atoms with E-state index in [1.807, 2.05) is 4.90 Å². The molecule has 0 spiro atoms. The summed E-state index contributed by atoms with van der Waals surface area (Å²) in [5.74, 6) is -0.387. The maximum absolute atomic E-state index is 12.5. The number of fused-ring (bicyclic) bond motifs is 1. The molecule has 1 fully saturated rings. The lowest BCUT2D eigenvalue weighted by molar-refractivity contribution is -0.135. The van der Waals surface area contributed by atoms with E-state index in [0.717, 1.165) is 19.6 Å². The number of nitrogens with zero attached hydrogens (tertiary/aromatic N) is 3. The smallest absolute Gasteiger partial charge is 0.408 e. The van der Waals surface area contributed by atoms with Crippen LogP contribution in [-0.2, 0) is 11.3 Å². The highest BCUT2D eigenvalue weighted by Gasteiger charge is 2.25. The molecule has 1 aromatic carbocycles. The monoisotopic (exact) mass is 337 g/mol. The van der Waals surface area contributed by atoms with Crippen molar-refractivity contribution < 1.29 is 9.21 Å². The van der Waals surface area contributed by atoms with Gasteiger partial charge < -0.3 is 14.2 Å². The Kier molecular flexibility index (Phi) is 4.46. The van der Waals surface area contributed by atoms with E-state index in [2.05, 4.69) is 18.9 Å². The van der Waals surface area contributed by atoms with Gasteiger partial charge in [-0.05, 0) is 26.1 Å². The van der Waals surface area contributed by atoms with Gasteiger partial charge in [0.15, 0.2) is 5.58 Å². The largest absolute Gasteiger partial charge is 0.419 e. The molecule has 1 saturated heterocycles. The van der Waals surface area contributed by atoms with Crippen molar-refractivity contribution in [2.45, 2.75) is 25.9 Å². The van der Waals surface area contributed by atoms with Crippen LogP contribution in [0.15, 0.2) is 27.4 Å². The lowest BCUT2D eigenvalue weighted by atomic mass is 10.2. The molecule has 0 N–H and O–H groups in total. The van der Waals surface area contributed by atoms with Crippen LogP contribution in [0.1, 0.15) is 13.3 Å². The summed E-state index contributed by atoms with van der Waals surface area (Å²) >= 11 is 5.90. The van der Waals surface area contributed by atoms with Gasteiger partial charge in [-0.25, -0.2) is 4.79 Å². The fourth-order valence-corrected chi connectivity index (χ4v) is 3.28. The molecule has 0 radical (unpaired) electrons. The zero-order chi connectivity index (χ0) is 16.6. The molecule has 124 valence electrons. The van der Waals surface area contributed by atoms with Crippen LogP contribution in [0.25, 0.3) is 11.1 Å². The first-order valence-electron chi connectivity index (χ1n) is 7.72. The molecule has 2 aromatic rings. The molecule has 0 unspecified atom stereocenters. The average molecular weight is 338 g/mol. The predicted octanol–water partition coefficient (Wildman–Crippen LogP) is 1.80. The summed E-state index contributed by atoms with van der Waals surface area (Å²) < 4.78 is 6.67. The van der Waals surface area contributed by atoms with Crippen molar-refractivity contribution in [2.24, 2.45) is 0 Å². The van der Waals surface area contributed by atoms with Gasteiger partial charge in [0, 0.05) is 49.7 Å². The highest BCUT2D eigenvalue weighted by Crippen LogP contribution is 2.19. The van der Waals surface area contributed by atoms with Crippen LogP contribution in [0.2, 0.25) is 5.02 Å². The number of aromatic nitrogens is 1. The van der Waals surface area contributed by atoms with Gasteiger partial charge in [-0.15, -0.1) is 0 Å². The summed E-state index contributed by atoms with van der Waals surface area (Å²) in [6.07, 6.45) is 0.283. The minimum absolute atomic E-state index is 0.0702. The fourth-order valence-electron chi connectivity index (χ4n) is 3.11. The first-order chi connectivity index (χ1) is 11.0. The number of rotatable bonds is 3. The van der Waals surface area contributed by atoms with E-state index in [9.17, 15) is 9.59 Å². The van der Waals surface area contributed by atoms with Crippen LogP contribution in [-0.4, -0.2) is 53.0 Å². The molecular weight excluding hydrogens is 318 g/mol. The third-order valence-electron chi connectivity index (χ3n) is 4.33. The van der Waals surface area contributed by atoms with Crippen LogP contribution in [0.5, 0.6) is 0 Å². The Balaban J connectivity index is 1.72. The third-order valence-corrected chi connectivity index (χ3v) is 4.57. The quantitative estimate of drug-likeness (QED) is 0.857. The van der Waals surface area contributed by atoms with Crippen molar-refractivity contribution in [1.29, 1.82) is 0 Å². The summed E-state index contributed by atoms with van der Waals surface area (Å²) in [5.41, 5.74) is 1.11. The van der Waals surface area contributed by atoms with Crippen molar-refractivity contribution in [3.8, 4) is 0 Å². The highest BCUT2D eigenvalue weighted by atomic mass is 35.5. The Morgan fingerprint density at radius 2 is 2.17 bits per heavy atom. The first-order valence-corrected chi connectivity index (χ1v) is 8.10. The Morgan fingerprint density at radius 1 is 1.39 bits per heavy atom. The first kappa shape index (κ1) is 16.1. The second-order valence-corrected chi connectivity index (χ2v) is 6.52. The highest BCUT2D eigenvalue weighted by molar-refractivity contribution is 6.31. The molecule has 0 bridgehead atoms. The predicted molar refractivity (Wildman–Crippen MR) is 88.8 cm³/mol. The van der Waals surface area contributed by atoms with E-state index in [0.29, 0.717) is 22.7 Å². The molecule has 1 aliphatic heterocycles. The van der Waals surface area contributed by atoms with Crippen LogP contribution in [0.3, 0.4) is 0 Å². The number of hydrogen-bond donors (Lipinski definition) is 0. The van der Waals surface area contributed by atoms with Crippen molar-refractivity contribution >= 4 is 28.6 Å². The Morgan fingerprint density at radius 3 is 2.91 bits per heavy atom. The van der Waals surface area contributed by atoms with Gasteiger partial charge >= 0.3 is 5.76 Å². The number of carbonyl (C=O) groups is 1. The third kappa shape index (κ3) is 3.28. The lowest BCUT2D eigenvalue weighted by Gasteiger charge is -2.38. The standard InChI is InChI=1S/C16H20ClN3O3/c1-11-10-18(2)7-8-19(11)15(21)5-6-20-13-4-3-12(17)9-14(13)23-16(20)22/h3-4,9,11H,5-8,10H2,1-2H3/t11-/m0/s1. The van der Waals surface area contributed by atoms with E-state index in [-0.39, 0.29) is 18.4 Å². The molecule has 7 heteroatoms. The molecule has 1 aromatic heterocycles. The summed E-state index contributed by atoms with van der Waals surface area (Å²) in [7, 11) is 2.06. The van der Waals surface area contributed by atoms with Crippen molar-refractivity contribution in [3.05, 3.63) is 33.8 Å². The number of aryl methyl sites for hydroxylation is 1. The van der Waals surface area contributed by atoms with E-state index in [1.54, 1.807) is 18.2 Å². The summed E-state index contributed by atoms with van der Waals surface area (Å²) in [6, 6.07) is 5.25. The number of carbonyl (C=O) groups excluding carboxylic acids is 1. The fraction of sp³-hybridized carbons (Fsp3) is 0.500. The SMILES string of the molecule is C[C@H]1CN(C)CCN1C(=O)CCn1c(=O)oc2cc(Cl)ccc21. The molecule has 1 aliphatic rings. The van der Waals surface area contributed by atoms with Gasteiger partial charge in [-0.3, -0.25) is 9.36 Å². The van der Waals surface area contributed by atoms with Crippen molar-refractivity contribution in [1.82, 2.24) is 14.4 Å². The van der Waals surface area contributed by atoms with E-state index < -0.39 is 5.76 Å². The molecule has 1 atom stereocenters. The second-order valence-electron chi connectivity index (χ2n) is 6.08. The number of likely N-dealkylation sites (N-methyl/N-ethyl adjacent to an activating group) is 1. The normalized spacial score (nSPS) is 19.4. The van der Waals surface area contributed by atoms with Gasteiger partial charge in [0.05, 0.1) is 5.52 Å². The number of benzene rings is 1. The number of hydrogen-bond acceptors (Lipinski definition) is 4. The van der Waals surface area contributed by atoms with Gasteiger partial charge in [0.25, 0.3) is 0 Å². The molecule has 6 nitrogen and oxygen atoms in total. The maximum atomic E-state index is 12.5. The number of amides is 1. The number of oxazole rings is 1. The molecule has 0 aliphatic carbocycles. The molecular formula is C16H20ClN3O3. The van der Waals surface area contributed by atoms with Crippen LogP contribution >= 0.6 is 11.6 Å². The van der Waals surface area contributed by atoms with E-state index in [1.165, 1.54) is 4.57 Å². The van der Waals surface area contributed by atoms with Gasteiger partial charge in [-0.1, -0.05) is 11.6 Å².